The molecule has 2 unspecified atom stereocenters. The first-order valence-electron chi connectivity index (χ1n) is 8.97. The summed E-state index contributed by atoms with van der Waals surface area (Å²) in [4.78, 5) is 25.2. The van der Waals surface area contributed by atoms with Crippen molar-refractivity contribution in [3.8, 4) is 5.75 Å². The van der Waals surface area contributed by atoms with Gasteiger partial charge < -0.3 is 15.2 Å². The Morgan fingerprint density at radius 2 is 2.00 bits per heavy atom. The Hall–Kier alpha value is -2.96. The molecule has 2 aromatic carbocycles. The summed E-state index contributed by atoms with van der Waals surface area (Å²) in [7, 11) is 0. The normalized spacial score (nSPS) is 20.7. The Morgan fingerprint density at radius 1 is 1.29 bits per heavy atom. The lowest BCUT2D eigenvalue weighted by atomic mass is 9.82. The maximum atomic E-state index is 12.9. The van der Waals surface area contributed by atoms with E-state index >= 15 is 0 Å². The second-order valence-electron chi connectivity index (χ2n) is 6.92. The first-order valence-corrected chi connectivity index (χ1v) is 8.97. The van der Waals surface area contributed by atoms with E-state index in [0.29, 0.717) is 12.0 Å². The topological polar surface area (TPSA) is 75.6 Å². The average molecular weight is 389 g/mol. The number of aryl methyl sites for hydroxylation is 1. The van der Waals surface area contributed by atoms with Gasteiger partial charge in [-0.05, 0) is 48.2 Å². The van der Waals surface area contributed by atoms with Crippen molar-refractivity contribution in [2.24, 2.45) is 0 Å². The maximum Gasteiger partial charge on any atom is 0.387 e. The lowest BCUT2D eigenvalue weighted by molar-refractivity contribution is -0.145. The summed E-state index contributed by atoms with van der Waals surface area (Å²) in [6.45, 7) is 0.511. The Kier molecular flexibility index (Phi) is 5.36. The van der Waals surface area contributed by atoms with Crippen LogP contribution in [0.25, 0.3) is 0 Å². The SMILES string of the molecule is CCC1c2ccccc2CC1(NC(=O)c1ccc(OC(F)F)cc1C)C(=O)O. The van der Waals surface area contributed by atoms with Crippen molar-refractivity contribution in [2.45, 2.75) is 44.8 Å². The molecule has 7 heteroatoms. The van der Waals surface area contributed by atoms with Crippen molar-refractivity contribution in [3.63, 3.8) is 0 Å². The standard InChI is InChI=1S/C21H21F2NO4/c1-3-17-16-7-5-4-6-13(16)11-21(17,19(26)27)24-18(25)15-9-8-14(10-12(15)2)28-20(22)23/h4-10,17,20H,3,11H2,1-2H3,(H,24,25)(H,26,27). The number of alkyl halides is 2. The average Bonchev–Trinajstić information content (AvgIpc) is 2.95. The summed E-state index contributed by atoms with van der Waals surface area (Å²) in [5.74, 6) is -2.09. The highest BCUT2D eigenvalue weighted by Gasteiger charge is 2.52. The summed E-state index contributed by atoms with van der Waals surface area (Å²) in [6.07, 6.45) is 0.734. The maximum absolute atomic E-state index is 12.9. The lowest BCUT2D eigenvalue weighted by Crippen LogP contribution is -2.57. The number of rotatable bonds is 6. The van der Waals surface area contributed by atoms with Crippen LogP contribution >= 0.6 is 0 Å². The first-order chi connectivity index (χ1) is 13.3. The number of carbonyl (C=O) groups excluding carboxylic acids is 1. The molecule has 1 aliphatic rings. The van der Waals surface area contributed by atoms with Crippen molar-refractivity contribution < 1.29 is 28.2 Å². The van der Waals surface area contributed by atoms with Gasteiger partial charge in [0.15, 0.2) is 0 Å². The van der Waals surface area contributed by atoms with E-state index < -0.39 is 24.0 Å². The number of ether oxygens (including phenoxy) is 1. The van der Waals surface area contributed by atoms with Crippen molar-refractivity contribution in [2.75, 3.05) is 0 Å². The van der Waals surface area contributed by atoms with E-state index in [1.807, 2.05) is 31.2 Å². The van der Waals surface area contributed by atoms with Gasteiger partial charge in [0.25, 0.3) is 5.91 Å². The van der Waals surface area contributed by atoms with Gasteiger partial charge in [0.05, 0.1) is 0 Å². The van der Waals surface area contributed by atoms with Crippen LogP contribution in [0.1, 0.15) is 46.3 Å². The molecule has 2 atom stereocenters. The smallest absolute Gasteiger partial charge is 0.387 e. The zero-order valence-corrected chi connectivity index (χ0v) is 15.5. The fraction of sp³-hybridized carbons (Fsp3) is 0.333. The van der Waals surface area contributed by atoms with Gasteiger partial charge in [-0.1, -0.05) is 31.2 Å². The predicted molar refractivity (Wildman–Crippen MR) is 98.8 cm³/mol. The van der Waals surface area contributed by atoms with E-state index in [0.717, 1.165) is 11.1 Å². The first kappa shape index (κ1) is 19.8. The molecule has 0 heterocycles. The molecular weight excluding hydrogens is 368 g/mol. The Bertz CT molecular complexity index is 915. The van der Waals surface area contributed by atoms with Gasteiger partial charge >= 0.3 is 12.6 Å². The van der Waals surface area contributed by atoms with Crippen LogP contribution in [0, 0.1) is 6.92 Å². The van der Waals surface area contributed by atoms with Gasteiger partial charge in [0.2, 0.25) is 0 Å². The van der Waals surface area contributed by atoms with Crippen LogP contribution in [0.5, 0.6) is 5.75 Å². The highest BCUT2D eigenvalue weighted by Crippen LogP contribution is 2.43. The molecule has 0 fully saturated rings. The summed E-state index contributed by atoms with van der Waals surface area (Å²) >= 11 is 0. The largest absolute Gasteiger partial charge is 0.479 e. The molecule has 2 aromatic rings. The van der Waals surface area contributed by atoms with E-state index in [2.05, 4.69) is 10.1 Å². The number of carboxylic acids is 1. The number of fused-ring (bicyclic) bond motifs is 1. The Morgan fingerprint density at radius 3 is 2.61 bits per heavy atom. The molecular formula is C21H21F2NO4. The monoisotopic (exact) mass is 389 g/mol. The summed E-state index contributed by atoms with van der Waals surface area (Å²) in [6, 6.07) is 11.4. The molecule has 28 heavy (non-hydrogen) atoms. The van der Waals surface area contributed by atoms with Crippen molar-refractivity contribution in [1.82, 2.24) is 5.32 Å². The number of carboxylic acid groups (broad SMARTS) is 1. The molecule has 5 nitrogen and oxygen atoms in total. The lowest BCUT2D eigenvalue weighted by Gasteiger charge is -2.32. The fourth-order valence-electron chi connectivity index (χ4n) is 4.04. The van der Waals surface area contributed by atoms with E-state index in [4.69, 9.17) is 0 Å². The third-order valence-electron chi connectivity index (χ3n) is 5.29. The number of aliphatic carboxylic acids is 1. The third-order valence-corrected chi connectivity index (χ3v) is 5.29. The van der Waals surface area contributed by atoms with Gasteiger partial charge in [-0.15, -0.1) is 0 Å². The van der Waals surface area contributed by atoms with E-state index in [1.54, 1.807) is 6.92 Å². The van der Waals surface area contributed by atoms with Crippen LogP contribution in [-0.2, 0) is 11.2 Å². The minimum Gasteiger partial charge on any atom is -0.479 e. The third kappa shape index (κ3) is 3.44. The molecule has 0 saturated heterocycles. The minimum absolute atomic E-state index is 0.0586. The van der Waals surface area contributed by atoms with Crippen LogP contribution in [0.4, 0.5) is 8.78 Å². The molecule has 1 aliphatic carbocycles. The number of hydrogen-bond acceptors (Lipinski definition) is 3. The van der Waals surface area contributed by atoms with Gasteiger partial charge in [0, 0.05) is 17.9 Å². The van der Waals surface area contributed by atoms with E-state index in [-0.39, 0.29) is 23.7 Å². The minimum atomic E-state index is -2.96. The highest BCUT2D eigenvalue weighted by molar-refractivity contribution is 6.00. The molecule has 0 radical (unpaired) electrons. The second-order valence-corrected chi connectivity index (χ2v) is 6.92. The van der Waals surface area contributed by atoms with Crippen LogP contribution in [-0.4, -0.2) is 29.1 Å². The Balaban J connectivity index is 1.92. The van der Waals surface area contributed by atoms with Gasteiger partial charge in [0.1, 0.15) is 11.3 Å². The number of halogens is 2. The predicted octanol–water partition coefficient (Wildman–Crippen LogP) is 3.90. The van der Waals surface area contributed by atoms with Crippen molar-refractivity contribution in [3.05, 3.63) is 64.7 Å². The molecule has 0 bridgehead atoms. The number of carbonyl (C=O) groups is 2. The number of amides is 1. The van der Waals surface area contributed by atoms with Crippen molar-refractivity contribution >= 4 is 11.9 Å². The number of benzene rings is 2. The number of hydrogen-bond donors (Lipinski definition) is 2. The fourth-order valence-corrected chi connectivity index (χ4v) is 4.04. The van der Waals surface area contributed by atoms with Crippen LogP contribution in [0.2, 0.25) is 0 Å². The quantitative estimate of drug-likeness (QED) is 0.786. The highest BCUT2D eigenvalue weighted by atomic mass is 19.3. The molecule has 2 N–H and O–H groups in total. The molecule has 3 rings (SSSR count). The van der Waals surface area contributed by atoms with Gasteiger partial charge in [-0.2, -0.15) is 8.78 Å². The summed E-state index contributed by atoms with van der Waals surface area (Å²) < 4.78 is 29.1. The number of nitrogens with one attached hydrogen (secondary N) is 1. The molecule has 1 amide bonds. The molecule has 0 aromatic heterocycles. The van der Waals surface area contributed by atoms with E-state index in [9.17, 15) is 23.5 Å². The molecule has 0 spiro atoms. The Labute approximate surface area is 161 Å². The van der Waals surface area contributed by atoms with Crippen LogP contribution in [0.15, 0.2) is 42.5 Å². The zero-order valence-electron chi connectivity index (χ0n) is 15.5. The van der Waals surface area contributed by atoms with Gasteiger partial charge in [-0.3, -0.25) is 4.79 Å². The zero-order chi connectivity index (χ0) is 20.5. The van der Waals surface area contributed by atoms with Crippen LogP contribution in [0.3, 0.4) is 0 Å². The summed E-state index contributed by atoms with van der Waals surface area (Å²) in [5.41, 5.74) is 0.993. The van der Waals surface area contributed by atoms with Gasteiger partial charge in [-0.25, -0.2) is 4.79 Å². The molecule has 148 valence electrons. The van der Waals surface area contributed by atoms with E-state index in [1.165, 1.54) is 18.2 Å². The van der Waals surface area contributed by atoms with Crippen LogP contribution < -0.4 is 10.1 Å². The van der Waals surface area contributed by atoms with Crippen molar-refractivity contribution in [1.29, 1.82) is 0 Å². The molecule has 0 aliphatic heterocycles. The second kappa shape index (κ2) is 7.58. The summed E-state index contributed by atoms with van der Waals surface area (Å²) in [5, 5.41) is 12.8. The molecule has 0 saturated carbocycles.